The average molecular weight is 335 g/mol. The summed E-state index contributed by atoms with van der Waals surface area (Å²) in [7, 11) is 1.58. The number of ether oxygens (including phenoxy) is 1. The summed E-state index contributed by atoms with van der Waals surface area (Å²) in [6.07, 6.45) is 5.11. The average Bonchev–Trinajstić information content (AvgIpc) is 2.98. The summed E-state index contributed by atoms with van der Waals surface area (Å²) >= 11 is 5.82. The summed E-state index contributed by atoms with van der Waals surface area (Å²) in [4.78, 5) is -0.0465. The molecule has 6 heteroatoms. The predicted molar refractivity (Wildman–Crippen MR) is 78.9 cm³/mol. The molecule has 0 heterocycles. The fourth-order valence-electron chi connectivity index (χ4n) is 3.57. The van der Waals surface area contributed by atoms with Gasteiger partial charge in [-0.25, -0.2) is 8.42 Å². The molecule has 2 saturated carbocycles. The van der Waals surface area contributed by atoms with E-state index < -0.39 is 9.05 Å². The van der Waals surface area contributed by atoms with Crippen molar-refractivity contribution in [1.29, 1.82) is 0 Å². The molecule has 0 aromatic heterocycles. The number of hydrogen-bond donors (Lipinski definition) is 0. The highest BCUT2D eigenvalue weighted by Crippen LogP contribution is 2.48. The van der Waals surface area contributed by atoms with Crippen molar-refractivity contribution in [2.75, 3.05) is 6.61 Å². The SMILES string of the molecule is O=S(=O)(Cl)c1cc(Cl)ccc1OCC1CC2CCC1C2. The molecule has 110 valence electrons. The molecule has 0 saturated heterocycles. The van der Waals surface area contributed by atoms with Crippen molar-refractivity contribution in [2.45, 2.75) is 30.6 Å². The van der Waals surface area contributed by atoms with Crippen LogP contribution in [0.4, 0.5) is 0 Å². The number of halogens is 2. The van der Waals surface area contributed by atoms with E-state index in [1.165, 1.54) is 31.7 Å². The fourth-order valence-corrected chi connectivity index (χ4v) is 4.80. The van der Waals surface area contributed by atoms with Gasteiger partial charge in [0, 0.05) is 15.7 Å². The molecular weight excluding hydrogens is 319 g/mol. The van der Waals surface area contributed by atoms with E-state index in [2.05, 4.69) is 0 Å². The molecule has 0 spiro atoms. The summed E-state index contributed by atoms with van der Waals surface area (Å²) in [5.74, 6) is 2.42. The van der Waals surface area contributed by atoms with E-state index in [0.29, 0.717) is 23.3 Å². The molecule has 1 aromatic carbocycles. The van der Waals surface area contributed by atoms with E-state index in [9.17, 15) is 8.42 Å². The molecule has 2 aliphatic rings. The summed E-state index contributed by atoms with van der Waals surface area (Å²) in [6, 6.07) is 4.52. The van der Waals surface area contributed by atoms with Crippen LogP contribution >= 0.6 is 22.3 Å². The molecular formula is C14H16Cl2O3S. The van der Waals surface area contributed by atoms with Crippen molar-refractivity contribution >= 4 is 31.3 Å². The molecule has 3 rings (SSSR count). The zero-order chi connectivity index (χ0) is 14.3. The van der Waals surface area contributed by atoms with Crippen molar-refractivity contribution in [3.8, 4) is 5.75 Å². The van der Waals surface area contributed by atoms with Gasteiger partial charge in [0.2, 0.25) is 0 Å². The quantitative estimate of drug-likeness (QED) is 0.779. The molecule has 20 heavy (non-hydrogen) atoms. The lowest BCUT2D eigenvalue weighted by Crippen LogP contribution is -2.19. The van der Waals surface area contributed by atoms with E-state index in [1.807, 2.05) is 0 Å². The maximum atomic E-state index is 11.6. The minimum atomic E-state index is -3.85. The second kappa shape index (κ2) is 5.39. The van der Waals surface area contributed by atoms with E-state index in [-0.39, 0.29) is 4.90 Å². The molecule has 3 atom stereocenters. The van der Waals surface area contributed by atoms with Crippen LogP contribution in [-0.2, 0) is 9.05 Å². The van der Waals surface area contributed by atoms with Gasteiger partial charge in [-0.3, -0.25) is 0 Å². The zero-order valence-corrected chi connectivity index (χ0v) is 13.2. The van der Waals surface area contributed by atoms with E-state index in [0.717, 1.165) is 11.8 Å². The second-order valence-corrected chi connectivity index (χ2v) is 8.75. The van der Waals surface area contributed by atoms with Crippen LogP contribution in [0.5, 0.6) is 5.75 Å². The van der Waals surface area contributed by atoms with Crippen LogP contribution in [0.2, 0.25) is 5.02 Å². The zero-order valence-electron chi connectivity index (χ0n) is 10.9. The van der Waals surface area contributed by atoms with Crippen LogP contribution in [0.15, 0.2) is 23.1 Å². The second-order valence-electron chi connectivity index (χ2n) is 5.77. The summed E-state index contributed by atoms with van der Waals surface area (Å²) < 4.78 is 28.8. The Balaban J connectivity index is 1.74. The molecule has 3 nitrogen and oxygen atoms in total. The van der Waals surface area contributed by atoms with Gasteiger partial charge >= 0.3 is 0 Å². The third kappa shape index (κ3) is 2.92. The normalized spacial score (nSPS) is 28.8. The number of rotatable bonds is 4. The van der Waals surface area contributed by atoms with Crippen LogP contribution < -0.4 is 4.74 Å². The van der Waals surface area contributed by atoms with Crippen molar-refractivity contribution < 1.29 is 13.2 Å². The molecule has 2 aliphatic carbocycles. The van der Waals surface area contributed by atoms with Crippen LogP contribution in [0.1, 0.15) is 25.7 Å². The Bertz CT molecular complexity index is 615. The van der Waals surface area contributed by atoms with Gasteiger partial charge in [-0.2, -0.15) is 0 Å². The topological polar surface area (TPSA) is 43.4 Å². The van der Waals surface area contributed by atoms with E-state index in [4.69, 9.17) is 27.0 Å². The first-order chi connectivity index (χ1) is 9.43. The van der Waals surface area contributed by atoms with Crippen LogP contribution in [0.25, 0.3) is 0 Å². The molecule has 1 aromatic rings. The third-order valence-electron chi connectivity index (χ3n) is 4.51. The number of fused-ring (bicyclic) bond motifs is 2. The first-order valence-electron chi connectivity index (χ1n) is 6.80. The van der Waals surface area contributed by atoms with Gasteiger partial charge in [0.1, 0.15) is 10.6 Å². The smallest absolute Gasteiger partial charge is 0.265 e. The Morgan fingerprint density at radius 3 is 2.65 bits per heavy atom. The Morgan fingerprint density at radius 2 is 2.05 bits per heavy atom. The number of hydrogen-bond acceptors (Lipinski definition) is 3. The van der Waals surface area contributed by atoms with Crippen LogP contribution in [-0.4, -0.2) is 15.0 Å². The van der Waals surface area contributed by atoms with Crippen molar-refractivity contribution in [2.24, 2.45) is 17.8 Å². The van der Waals surface area contributed by atoms with Crippen molar-refractivity contribution in [3.05, 3.63) is 23.2 Å². The lowest BCUT2D eigenvalue weighted by atomic mass is 9.89. The van der Waals surface area contributed by atoms with Crippen molar-refractivity contribution in [1.82, 2.24) is 0 Å². The maximum absolute atomic E-state index is 11.6. The highest BCUT2D eigenvalue weighted by atomic mass is 35.7. The third-order valence-corrected chi connectivity index (χ3v) is 6.08. The molecule has 0 N–H and O–H groups in total. The molecule has 0 amide bonds. The van der Waals surface area contributed by atoms with Gasteiger partial charge in [0.25, 0.3) is 9.05 Å². The Hall–Kier alpha value is -0.450. The predicted octanol–water partition coefficient (Wildman–Crippen LogP) is 4.08. The van der Waals surface area contributed by atoms with Crippen molar-refractivity contribution in [3.63, 3.8) is 0 Å². The Labute approximate surface area is 128 Å². The van der Waals surface area contributed by atoms with Gasteiger partial charge in [-0.05, 0) is 55.2 Å². The first-order valence-corrected chi connectivity index (χ1v) is 9.49. The molecule has 0 aliphatic heterocycles. The monoisotopic (exact) mass is 334 g/mol. The molecule has 2 fully saturated rings. The van der Waals surface area contributed by atoms with Gasteiger partial charge in [-0.1, -0.05) is 18.0 Å². The molecule has 2 bridgehead atoms. The number of benzene rings is 1. The van der Waals surface area contributed by atoms with E-state index in [1.54, 1.807) is 12.1 Å². The van der Waals surface area contributed by atoms with Crippen LogP contribution in [0, 0.1) is 17.8 Å². The van der Waals surface area contributed by atoms with Crippen LogP contribution in [0.3, 0.4) is 0 Å². The van der Waals surface area contributed by atoms with Gasteiger partial charge < -0.3 is 4.74 Å². The minimum Gasteiger partial charge on any atom is -0.492 e. The first kappa shape index (κ1) is 14.5. The molecule has 3 unspecified atom stereocenters. The lowest BCUT2D eigenvalue weighted by Gasteiger charge is -2.22. The largest absolute Gasteiger partial charge is 0.492 e. The minimum absolute atomic E-state index is 0.0465. The highest BCUT2D eigenvalue weighted by Gasteiger charge is 2.39. The highest BCUT2D eigenvalue weighted by molar-refractivity contribution is 8.13. The summed E-state index contributed by atoms with van der Waals surface area (Å²) in [5.41, 5.74) is 0. The maximum Gasteiger partial charge on any atom is 0.265 e. The van der Waals surface area contributed by atoms with Gasteiger partial charge in [0.15, 0.2) is 0 Å². The van der Waals surface area contributed by atoms with Gasteiger partial charge in [0.05, 0.1) is 6.61 Å². The van der Waals surface area contributed by atoms with Gasteiger partial charge in [-0.15, -0.1) is 0 Å². The van der Waals surface area contributed by atoms with E-state index >= 15 is 0 Å². The summed E-state index contributed by atoms with van der Waals surface area (Å²) in [6.45, 7) is 0.558. The lowest BCUT2D eigenvalue weighted by molar-refractivity contribution is 0.192. The fraction of sp³-hybridized carbons (Fsp3) is 0.571. The Morgan fingerprint density at radius 1 is 1.25 bits per heavy atom. The molecule has 0 radical (unpaired) electrons. The summed E-state index contributed by atoms with van der Waals surface area (Å²) in [5, 5.41) is 0.330. The Kier molecular flexibility index (Phi) is 3.91. The standard InChI is InChI=1S/C14H16Cl2O3S/c15-12-3-4-13(14(7-12)20(16,17)18)19-8-11-6-9-1-2-10(11)5-9/h3-4,7,9-11H,1-2,5-6,8H2.